The molecule has 1 aromatic heterocycles. The van der Waals surface area contributed by atoms with Gasteiger partial charge in [-0.15, -0.1) is 5.10 Å². The molecular weight excluding hydrogens is 246 g/mol. The van der Waals surface area contributed by atoms with Crippen molar-refractivity contribution in [1.29, 1.82) is 0 Å². The molecule has 0 saturated carbocycles. The number of nitrogens with one attached hydrogen (secondary N) is 1. The highest BCUT2D eigenvalue weighted by Crippen LogP contribution is 2.21. The van der Waals surface area contributed by atoms with Gasteiger partial charge in [0.25, 0.3) is 0 Å². The molecule has 0 radical (unpaired) electrons. The van der Waals surface area contributed by atoms with Gasteiger partial charge in [-0.2, -0.15) is 0 Å². The van der Waals surface area contributed by atoms with Crippen LogP contribution in [0.3, 0.4) is 0 Å². The Balaban J connectivity index is 3.04. The molecule has 0 aromatic carbocycles. The molecule has 8 heteroatoms. The highest BCUT2D eigenvalue weighted by Gasteiger charge is 2.25. The summed E-state index contributed by atoms with van der Waals surface area (Å²) >= 11 is 0. The van der Waals surface area contributed by atoms with Gasteiger partial charge in [0.2, 0.25) is 21.6 Å². The van der Waals surface area contributed by atoms with Crippen LogP contribution in [0.2, 0.25) is 0 Å². The second-order valence-electron chi connectivity index (χ2n) is 4.10. The van der Waals surface area contributed by atoms with E-state index in [-0.39, 0.29) is 17.7 Å². The lowest BCUT2D eigenvalue weighted by atomic mass is 10.0. The Bertz CT molecular complexity index is 506. The number of carbonyl (C=O) groups is 1. The third-order valence-electron chi connectivity index (χ3n) is 2.03. The Kier molecular flexibility index (Phi) is 3.87. The van der Waals surface area contributed by atoms with Crippen molar-refractivity contribution in [3.63, 3.8) is 0 Å². The average molecular weight is 261 g/mol. The molecule has 7 nitrogen and oxygen atoms in total. The third-order valence-corrected chi connectivity index (χ3v) is 2.83. The average Bonchev–Trinajstić information content (AvgIpc) is 2.60. The van der Waals surface area contributed by atoms with Crippen molar-refractivity contribution in [1.82, 2.24) is 15.5 Å². The number of sulfone groups is 1. The molecule has 0 aliphatic rings. The fraction of sp³-hybridized carbons (Fsp3) is 0.667. The zero-order chi connectivity index (χ0) is 13.2. The summed E-state index contributed by atoms with van der Waals surface area (Å²) in [5.74, 6) is -0.148. The molecule has 17 heavy (non-hydrogen) atoms. The van der Waals surface area contributed by atoms with Crippen molar-refractivity contribution < 1.29 is 17.6 Å². The first-order valence-corrected chi connectivity index (χ1v) is 6.91. The molecule has 0 aliphatic carbocycles. The second-order valence-corrected chi connectivity index (χ2v) is 5.99. The van der Waals surface area contributed by atoms with Gasteiger partial charge in [0.05, 0.1) is 0 Å². The molecule has 1 N–H and O–H groups in total. The molecule has 1 atom stereocenters. The quantitative estimate of drug-likeness (QED) is 0.836. The van der Waals surface area contributed by atoms with Gasteiger partial charge in [-0.3, -0.25) is 4.79 Å². The molecule has 0 bridgehead atoms. The van der Waals surface area contributed by atoms with Crippen LogP contribution in [-0.4, -0.2) is 30.8 Å². The topological polar surface area (TPSA) is 102 Å². The second kappa shape index (κ2) is 4.82. The molecule has 0 saturated heterocycles. The van der Waals surface area contributed by atoms with Crippen LogP contribution >= 0.6 is 0 Å². The first-order chi connectivity index (χ1) is 7.71. The van der Waals surface area contributed by atoms with Gasteiger partial charge in [-0.25, -0.2) is 8.42 Å². The van der Waals surface area contributed by atoms with Crippen LogP contribution in [0.5, 0.6) is 0 Å². The van der Waals surface area contributed by atoms with Gasteiger partial charge in [-0.1, -0.05) is 18.9 Å². The van der Waals surface area contributed by atoms with Crippen molar-refractivity contribution in [2.75, 3.05) is 6.26 Å². The maximum Gasteiger partial charge on any atom is 0.335 e. The summed E-state index contributed by atoms with van der Waals surface area (Å²) in [5.41, 5.74) is 0. The first kappa shape index (κ1) is 13.6. The van der Waals surface area contributed by atoms with E-state index in [1.54, 1.807) is 0 Å². The van der Waals surface area contributed by atoms with E-state index in [0.29, 0.717) is 0 Å². The van der Waals surface area contributed by atoms with E-state index in [4.69, 9.17) is 4.42 Å². The van der Waals surface area contributed by atoms with Crippen LogP contribution in [-0.2, 0) is 14.6 Å². The van der Waals surface area contributed by atoms with Gasteiger partial charge in [-0.05, 0) is 5.92 Å². The van der Waals surface area contributed by atoms with Crippen molar-refractivity contribution in [2.45, 2.75) is 32.0 Å². The Labute approximate surface area is 99.5 Å². The lowest BCUT2D eigenvalue weighted by Crippen LogP contribution is -2.29. The summed E-state index contributed by atoms with van der Waals surface area (Å²) in [6, 6.07) is -0.490. The molecule has 1 aromatic rings. The van der Waals surface area contributed by atoms with Crippen molar-refractivity contribution in [3.8, 4) is 0 Å². The van der Waals surface area contributed by atoms with E-state index in [1.165, 1.54) is 6.92 Å². The minimum atomic E-state index is -3.52. The summed E-state index contributed by atoms with van der Waals surface area (Å²) in [6.07, 6.45) is 0.979. The number of hydrogen-bond acceptors (Lipinski definition) is 6. The molecule has 1 amide bonds. The fourth-order valence-electron chi connectivity index (χ4n) is 1.23. The largest absolute Gasteiger partial charge is 0.410 e. The number of hydrogen-bond donors (Lipinski definition) is 1. The SMILES string of the molecule is CC(=O)N[C@H](c1nnc(S(C)(=O)=O)o1)C(C)C. The van der Waals surface area contributed by atoms with E-state index in [2.05, 4.69) is 15.5 Å². The van der Waals surface area contributed by atoms with Gasteiger partial charge < -0.3 is 9.73 Å². The minimum Gasteiger partial charge on any atom is -0.410 e. The predicted molar refractivity (Wildman–Crippen MR) is 58.8 cm³/mol. The monoisotopic (exact) mass is 261 g/mol. The Hall–Kier alpha value is -1.44. The van der Waals surface area contributed by atoms with Crippen molar-refractivity contribution >= 4 is 15.7 Å². The number of aromatic nitrogens is 2. The molecule has 0 fully saturated rings. The normalized spacial score (nSPS) is 13.7. The van der Waals surface area contributed by atoms with Gasteiger partial charge in [0.1, 0.15) is 6.04 Å². The minimum absolute atomic E-state index is 0.00626. The highest BCUT2D eigenvalue weighted by atomic mass is 32.2. The van der Waals surface area contributed by atoms with E-state index in [1.807, 2.05) is 13.8 Å². The molecule has 96 valence electrons. The molecule has 0 unspecified atom stereocenters. The van der Waals surface area contributed by atoms with Crippen LogP contribution in [0.1, 0.15) is 32.7 Å². The van der Waals surface area contributed by atoms with Crippen LogP contribution in [0, 0.1) is 5.92 Å². The number of nitrogens with zero attached hydrogens (tertiary/aromatic N) is 2. The van der Waals surface area contributed by atoms with Gasteiger partial charge in [0, 0.05) is 13.2 Å². The summed E-state index contributed by atoms with van der Waals surface area (Å²) in [5, 5.41) is 9.28. The zero-order valence-corrected chi connectivity index (χ0v) is 10.9. The smallest absolute Gasteiger partial charge is 0.335 e. The maximum absolute atomic E-state index is 11.2. The van der Waals surface area contributed by atoms with E-state index in [9.17, 15) is 13.2 Å². The number of carbonyl (C=O) groups excluding carboxylic acids is 1. The highest BCUT2D eigenvalue weighted by molar-refractivity contribution is 7.90. The standard InChI is InChI=1S/C9H15N3O4S/c1-5(2)7(10-6(3)13)8-11-12-9(16-8)17(4,14)15/h5,7H,1-4H3,(H,10,13)/t7-/m0/s1. The summed E-state index contributed by atoms with van der Waals surface area (Å²) in [6.45, 7) is 5.07. The third kappa shape index (κ3) is 3.52. The Morgan fingerprint density at radius 2 is 1.94 bits per heavy atom. The first-order valence-electron chi connectivity index (χ1n) is 5.02. The van der Waals surface area contributed by atoms with E-state index >= 15 is 0 Å². The lowest BCUT2D eigenvalue weighted by Gasteiger charge is -2.17. The summed E-state index contributed by atoms with van der Waals surface area (Å²) in [7, 11) is -3.52. The van der Waals surface area contributed by atoms with Crippen LogP contribution in [0.4, 0.5) is 0 Å². The number of amides is 1. The molecule has 0 aliphatic heterocycles. The molecule has 1 heterocycles. The van der Waals surface area contributed by atoms with Gasteiger partial charge >= 0.3 is 5.22 Å². The lowest BCUT2D eigenvalue weighted by molar-refractivity contribution is -0.120. The van der Waals surface area contributed by atoms with Crippen LogP contribution < -0.4 is 5.32 Å². The fourth-order valence-corrected chi connectivity index (χ4v) is 1.65. The van der Waals surface area contributed by atoms with E-state index < -0.39 is 21.1 Å². The van der Waals surface area contributed by atoms with Crippen molar-refractivity contribution in [2.24, 2.45) is 5.92 Å². The van der Waals surface area contributed by atoms with Crippen LogP contribution in [0.15, 0.2) is 9.64 Å². The summed E-state index contributed by atoms with van der Waals surface area (Å²) in [4.78, 5) is 11.0. The van der Waals surface area contributed by atoms with Crippen molar-refractivity contribution in [3.05, 3.63) is 5.89 Å². The Morgan fingerprint density at radius 3 is 2.29 bits per heavy atom. The Morgan fingerprint density at radius 1 is 1.35 bits per heavy atom. The number of rotatable bonds is 4. The predicted octanol–water partition coefficient (Wildman–Crippen LogP) is 0.306. The summed E-state index contributed by atoms with van der Waals surface area (Å²) < 4.78 is 27.4. The van der Waals surface area contributed by atoms with E-state index in [0.717, 1.165) is 6.26 Å². The molecule has 0 spiro atoms. The molecule has 1 rings (SSSR count). The maximum atomic E-state index is 11.2. The van der Waals surface area contributed by atoms with Crippen LogP contribution in [0.25, 0.3) is 0 Å². The zero-order valence-electron chi connectivity index (χ0n) is 10.1. The molecular formula is C9H15N3O4S. The van der Waals surface area contributed by atoms with Gasteiger partial charge in [0.15, 0.2) is 0 Å².